The number of hydrogen-bond acceptors (Lipinski definition) is 5. The number of halogens is 1. The first-order chi connectivity index (χ1) is 15.1. The van der Waals surface area contributed by atoms with Gasteiger partial charge < -0.3 is 20.4 Å². The zero-order chi connectivity index (χ0) is 21.6. The van der Waals surface area contributed by atoms with Crippen molar-refractivity contribution in [3.8, 4) is 0 Å². The van der Waals surface area contributed by atoms with Gasteiger partial charge in [0.1, 0.15) is 5.71 Å². The molecule has 0 aliphatic carbocycles. The first-order valence-electron chi connectivity index (χ1n) is 10.4. The molecule has 1 saturated heterocycles. The first kappa shape index (κ1) is 21.4. The quantitative estimate of drug-likeness (QED) is 0.657. The molecule has 2 aliphatic heterocycles. The van der Waals surface area contributed by atoms with E-state index in [0.29, 0.717) is 31.3 Å². The van der Waals surface area contributed by atoms with E-state index in [1.807, 2.05) is 54.6 Å². The fraction of sp³-hybridized carbons (Fsp3) is 0.348. The van der Waals surface area contributed by atoms with Gasteiger partial charge in [-0.05, 0) is 46.5 Å². The van der Waals surface area contributed by atoms with Crippen LogP contribution < -0.4 is 10.6 Å². The van der Waals surface area contributed by atoms with E-state index in [2.05, 4.69) is 31.7 Å². The van der Waals surface area contributed by atoms with E-state index in [1.165, 1.54) is 0 Å². The first-order valence-corrected chi connectivity index (χ1v) is 11.2. The van der Waals surface area contributed by atoms with Crippen LogP contribution >= 0.6 is 15.9 Å². The van der Waals surface area contributed by atoms with Crippen molar-refractivity contribution in [2.24, 2.45) is 5.16 Å². The summed E-state index contributed by atoms with van der Waals surface area (Å²) in [6, 6.07) is 18.0. The Bertz CT molecular complexity index is 958. The third kappa shape index (κ3) is 5.44. The highest BCUT2D eigenvalue weighted by Crippen LogP contribution is 2.27. The number of para-hydroxylation sites is 1. The van der Waals surface area contributed by atoms with Gasteiger partial charge in [-0.25, -0.2) is 0 Å². The lowest BCUT2D eigenvalue weighted by molar-refractivity contribution is -0.132. The molecule has 2 aromatic rings. The molecular weight excluding hydrogens is 460 g/mol. The lowest BCUT2D eigenvalue weighted by Crippen LogP contribution is -2.47. The van der Waals surface area contributed by atoms with Crippen molar-refractivity contribution in [2.45, 2.75) is 31.4 Å². The number of nitrogens with zero attached hydrogens (tertiary/aromatic N) is 2. The van der Waals surface area contributed by atoms with Gasteiger partial charge in [-0.3, -0.25) is 9.59 Å². The van der Waals surface area contributed by atoms with E-state index in [4.69, 9.17) is 4.84 Å². The summed E-state index contributed by atoms with van der Waals surface area (Å²) < 4.78 is 1.03. The standard InChI is InChI=1S/C23H25BrN4O3/c24-18-8-4-5-9-19(18)26-17-10-12-28(13-11-17)22(29)15-25-23(30)20-14-21(31-27-20)16-6-2-1-3-7-16/h1-9,17,21,26H,10-15H2,(H,25,30). The van der Waals surface area contributed by atoms with Crippen molar-refractivity contribution >= 4 is 39.1 Å². The molecule has 0 saturated carbocycles. The molecule has 4 rings (SSSR count). The van der Waals surface area contributed by atoms with Crippen LogP contribution in [0.5, 0.6) is 0 Å². The molecule has 0 bridgehead atoms. The van der Waals surface area contributed by atoms with Gasteiger partial charge in [0.25, 0.3) is 5.91 Å². The number of rotatable bonds is 6. The largest absolute Gasteiger partial charge is 0.387 e. The van der Waals surface area contributed by atoms with Crippen LogP contribution in [0.2, 0.25) is 0 Å². The number of oxime groups is 1. The van der Waals surface area contributed by atoms with Gasteiger partial charge in [0.2, 0.25) is 5.91 Å². The monoisotopic (exact) mass is 484 g/mol. The number of piperidine rings is 1. The molecule has 0 aromatic heterocycles. The maximum Gasteiger partial charge on any atom is 0.269 e. The number of hydrogen-bond donors (Lipinski definition) is 2. The molecule has 1 fully saturated rings. The van der Waals surface area contributed by atoms with E-state index in [0.717, 1.165) is 28.6 Å². The van der Waals surface area contributed by atoms with Crippen LogP contribution in [0.15, 0.2) is 64.2 Å². The molecule has 2 amide bonds. The minimum atomic E-state index is -0.350. The second kappa shape index (κ2) is 9.96. The van der Waals surface area contributed by atoms with Gasteiger partial charge in [0.15, 0.2) is 6.10 Å². The van der Waals surface area contributed by atoms with E-state index in [1.54, 1.807) is 4.90 Å². The van der Waals surface area contributed by atoms with Gasteiger partial charge >= 0.3 is 0 Å². The lowest BCUT2D eigenvalue weighted by atomic mass is 10.0. The fourth-order valence-corrected chi connectivity index (χ4v) is 4.20. The number of carbonyl (C=O) groups excluding carboxylic acids is 2. The third-order valence-electron chi connectivity index (χ3n) is 5.58. The zero-order valence-corrected chi connectivity index (χ0v) is 18.7. The van der Waals surface area contributed by atoms with Crippen molar-refractivity contribution in [1.29, 1.82) is 0 Å². The van der Waals surface area contributed by atoms with Crippen molar-refractivity contribution < 1.29 is 14.4 Å². The molecule has 1 unspecified atom stereocenters. The van der Waals surface area contributed by atoms with Gasteiger partial charge in [0.05, 0.1) is 6.54 Å². The molecule has 8 heteroatoms. The Balaban J connectivity index is 1.19. The second-order valence-electron chi connectivity index (χ2n) is 7.71. The summed E-state index contributed by atoms with van der Waals surface area (Å²) in [4.78, 5) is 32.1. The SMILES string of the molecule is O=C(NCC(=O)N1CCC(Nc2ccccc2Br)CC1)C1=NOC(c2ccccc2)C1. The smallest absolute Gasteiger partial charge is 0.269 e. The minimum absolute atomic E-state index is 0.0316. The van der Waals surface area contributed by atoms with Crippen LogP contribution in [0.25, 0.3) is 0 Å². The van der Waals surface area contributed by atoms with Crippen LogP contribution in [-0.2, 0) is 14.4 Å². The molecule has 2 N–H and O–H groups in total. The minimum Gasteiger partial charge on any atom is -0.387 e. The van der Waals surface area contributed by atoms with Gasteiger partial charge in [0, 0.05) is 35.7 Å². The highest BCUT2D eigenvalue weighted by atomic mass is 79.9. The summed E-state index contributed by atoms with van der Waals surface area (Å²) in [7, 11) is 0. The number of anilines is 1. The summed E-state index contributed by atoms with van der Waals surface area (Å²) in [5, 5.41) is 10.1. The molecule has 2 heterocycles. The summed E-state index contributed by atoms with van der Waals surface area (Å²) in [6.45, 7) is 1.30. The van der Waals surface area contributed by atoms with E-state index >= 15 is 0 Å². The molecule has 162 valence electrons. The summed E-state index contributed by atoms with van der Waals surface area (Å²) in [5.74, 6) is -0.427. The maximum atomic E-state index is 12.5. The van der Waals surface area contributed by atoms with Crippen molar-refractivity contribution in [3.05, 3.63) is 64.6 Å². The number of amides is 2. The molecule has 31 heavy (non-hydrogen) atoms. The highest BCUT2D eigenvalue weighted by Gasteiger charge is 2.28. The summed E-state index contributed by atoms with van der Waals surface area (Å²) >= 11 is 3.55. The van der Waals surface area contributed by atoms with Crippen LogP contribution in [0.1, 0.15) is 30.9 Å². The normalized spacial score (nSPS) is 18.8. The molecule has 0 spiro atoms. The molecule has 2 aliphatic rings. The lowest BCUT2D eigenvalue weighted by Gasteiger charge is -2.33. The van der Waals surface area contributed by atoms with E-state index in [9.17, 15) is 9.59 Å². The Labute approximate surface area is 190 Å². The number of likely N-dealkylation sites (tertiary alicyclic amines) is 1. The summed E-state index contributed by atoms with van der Waals surface area (Å²) in [6.07, 6.45) is 1.87. The van der Waals surface area contributed by atoms with Gasteiger partial charge in [-0.1, -0.05) is 47.6 Å². The number of benzene rings is 2. The van der Waals surface area contributed by atoms with E-state index < -0.39 is 0 Å². The zero-order valence-electron chi connectivity index (χ0n) is 17.1. The topological polar surface area (TPSA) is 83.0 Å². The van der Waals surface area contributed by atoms with E-state index in [-0.39, 0.29) is 24.5 Å². The third-order valence-corrected chi connectivity index (χ3v) is 6.28. The second-order valence-corrected chi connectivity index (χ2v) is 8.56. The van der Waals surface area contributed by atoms with Crippen LogP contribution in [0, 0.1) is 0 Å². The maximum absolute atomic E-state index is 12.5. The predicted octanol–water partition coefficient (Wildman–Crippen LogP) is 3.49. The highest BCUT2D eigenvalue weighted by molar-refractivity contribution is 9.10. The Kier molecular flexibility index (Phi) is 6.86. The molecule has 2 aromatic carbocycles. The molecule has 0 radical (unpaired) electrons. The molecule has 1 atom stereocenters. The molecular formula is C23H25BrN4O3. The summed E-state index contributed by atoms with van der Waals surface area (Å²) in [5.41, 5.74) is 2.36. The van der Waals surface area contributed by atoms with Crippen molar-refractivity contribution in [1.82, 2.24) is 10.2 Å². The Morgan fingerprint density at radius 3 is 2.52 bits per heavy atom. The Hall–Kier alpha value is -2.87. The van der Waals surface area contributed by atoms with Crippen LogP contribution in [0.4, 0.5) is 5.69 Å². The Morgan fingerprint density at radius 2 is 1.77 bits per heavy atom. The average molecular weight is 485 g/mol. The number of carbonyl (C=O) groups is 2. The van der Waals surface area contributed by atoms with Gasteiger partial charge in [-0.15, -0.1) is 0 Å². The number of nitrogens with one attached hydrogen (secondary N) is 2. The van der Waals surface area contributed by atoms with Crippen molar-refractivity contribution in [3.63, 3.8) is 0 Å². The van der Waals surface area contributed by atoms with Crippen LogP contribution in [0.3, 0.4) is 0 Å². The predicted molar refractivity (Wildman–Crippen MR) is 123 cm³/mol. The Morgan fingerprint density at radius 1 is 1.06 bits per heavy atom. The fourth-order valence-electron chi connectivity index (χ4n) is 3.80. The van der Waals surface area contributed by atoms with Crippen molar-refractivity contribution in [2.75, 3.05) is 25.0 Å². The average Bonchev–Trinajstić information content (AvgIpc) is 3.30. The molecule has 7 nitrogen and oxygen atoms in total. The van der Waals surface area contributed by atoms with Gasteiger partial charge in [-0.2, -0.15) is 0 Å². The van der Waals surface area contributed by atoms with Crippen LogP contribution in [-0.4, -0.2) is 48.1 Å².